The largest absolute Gasteiger partial charge is 0.514 e. The molecule has 3 aromatic carbocycles. The Balaban J connectivity index is 1.56. The number of nitro groups is 1. The Morgan fingerprint density at radius 3 is 2.21 bits per heavy atom. The summed E-state index contributed by atoms with van der Waals surface area (Å²) in [5.41, 5.74) is 1.06. The Bertz CT molecular complexity index is 1460. The lowest BCUT2D eigenvalue weighted by Crippen LogP contribution is -2.36. The molecule has 0 saturated carbocycles. The monoisotopic (exact) mass is 578 g/mol. The first-order valence-corrected chi connectivity index (χ1v) is 12.6. The molecule has 13 heteroatoms. The van der Waals surface area contributed by atoms with Crippen LogP contribution in [-0.4, -0.2) is 54.2 Å². The molecule has 0 aliphatic rings. The fourth-order valence-corrected chi connectivity index (χ4v) is 3.43. The Labute approximate surface area is 241 Å². The molecule has 0 unspecified atom stereocenters. The standard InChI is InChI=1S/C29H30N4O9/c1-29(2,3)42-26(34)17-32(4)27(35)20-8-15-24(25(16-20)39-5)31-30-21-9-6-19(7-10-21)18-40-28(36)41-23-13-11-22(12-14-23)33(37)38/h6-16H,17-18H2,1-5H3/b31-30+. The van der Waals surface area contributed by atoms with Crippen LogP contribution in [0.5, 0.6) is 11.5 Å². The summed E-state index contributed by atoms with van der Waals surface area (Å²) in [5, 5.41) is 19.1. The average Bonchev–Trinajstić information content (AvgIpc) is 2.94. The summed E-state index contributed by atoms with van der Waals surface area (Å²) < 4.78 is 20.7. The van der Waals surface area contributed by atoms with Crippen LogP contribution in [0.2, 0.25) is 0 Å². The molecule has 0 saturated heterocycles. The molecule has 0 aliphatic heterocycles. The smallest absolute Gasteiger partial charge is 0.494 e. The van der Waals surface area contributed by atoms with Crippen LogP contribution in [0.25, 0.3) is 0 Å². The third-order valence-electron chi connectivity index (χ3n) is 5.37. The Kier molecular flexibility index (Phi) is 10.3. The number of hydrogen-bond acceptors (Lipinski definition) is 11. The topological polar surface area (TPSA) is 159 Å². The quantitative estimate of drug-likeness (QED) is 0.0904. The van der Waals surface area contributed by atoms with Crippen LogP contribution in [0.3, 0.4) is 0 Å². The van der Waals surface area contributed by atoms with Crippen LogP contribution in [0.15, 0.2) is 77.0 Å². The van der Waals surface area contributed by atoms with Gasteiger partial charge >= 0.3 is 12.1 Å². The molecule has 3 rings (SSSR count). The van der Waals surface area contributed by atoms with Crippen molar-refractivity contribution in [2.75, 3.05) is 20.7 Å². The van der Waals surface area contributed by atoms with E-state index in [9.17, 15) is 24.5 Å². The number of hydrogen-bond donors (Lipinski definition) is 0. The van der Waals surface area contributed by atoms with Crippen molar-refractivity contribution in [2.45, 2.75) is 33.0 Å². The first-order chi connectivity index (χ1) is 19.8. The van der Waals surface area contributed by atoms with Crippen LogP contribution in [0.1, 0.15) is 36.7 Å². The van der Waals surface area contributed by atoms with Gasteiger partial charge in [0.05, 0.1) is 17.7 Å². The third kappa shape index (κ3) is 9.40. The van der Waals surface area contributed by atoms with Crippen molar-refractivity contribution in [1.29, 1.82) is 0 Å². The first kappa shape index (κ1) is 31.2. The van der Waals surface area contributed by atoms with E-state index < -0.39 is 28.6 Å². The van der Waals surface area contributed by atoms with Gasteiger partial charge in [-0.25, -0.2) is 4.79 Å². The van der Waals surface area contributed by atoms with E-state index in [1.807, 2.05) is 0 Å². The third-order valence-corrected chi connectivity index (χ3v) is 5.37. The lowest BCUT2D eigenvalue weighted by Gasteiger charge is -2.22. The van der Waals surface area contributed by atoms with Crippen molar-refractivity contribution in [3.05, 3.63) is 88.0 Å². The van der Waals surface area contributed by atoms with Gasteiger partial charge in [0.25, 0.3) is 11.6 Å². The lowest BCUT2D eigenvalue weighted by molar-refractivity contribution is -0.384. The van der Waals surface area contributed by atoms with Gasteiger partial charge < -0.3 is 23.8 Å². The molecule has 0 aliphatic carbocycles. The second kappa shape index (κ2) is 13.8. The van der Waals surface area contributed by atoms with Crippen molar-refractivity contribution >= 4 is 35.1 Å². The number of methoxy groups -OCH3 is 1. The number of carbonyl (C=O) groups excluding carboxylic acids is 3. The minimum atomic E-state index is -0.960. The van der Waals surface area contributed by atoms with Gasteiger partial charge in [0.15, 0.2) is 0 Å². The molecule has 0 heterocycles. The highest BCUT2D eigenvalue weighted by Crippen LogP contribution is 2.30. The van der Waals surface area contributed by atoms with Gasteiger partial charge in [0.1, 0.15) is 35.9 Å². The first-order valence-electron chi connectivity index (χ1n) is 12.6. The minimum Gasteiger partial charge on any atom is -0.494 e. The van der Waals surface area contributed by atoms with Crippen molar-refractivity contribution in [1.82, 2.24) is 4.90 Å². The zero-order valence-corrected chi connectivity index (χ0v) is 23.7. The number of carbonyl (C=O) groups is 3. The minimum absolute atomic E-state index is 0.0745. The number of nitro benzene ring substituents is 1. The Morgan fingerprint density at radius 2 is 1.62 bits per heavy atom. The number of azo groups is 1. The van der Waals surface area contributed by atoms with Crippen molar-refractivity contribution in [2.24, 2.45) is 10.2 Å². The average molecular weight is 579 g/mol. The van der Waals surface area contributed by atoms with Gasteiger partial charge in [-0.3, -0.25) is 19.7 Å². The van der Waals surface area contributed by atoms with E-state index in [0.717, 1.165) is 0 Å². The predicted molar refractivity (Wildman–Crippen MR) is 150 cm³/mol. The van der Waals surface area contributed by atoms with Crippen LogP contribution >= 0.6 is 0 Å². The number of likely N-dealkylation sites (N-methyl/N-ethyl adjacent to an activating group) is 1. The van der Waals surface area contributed by atoms with E-state index in [0.29, 0.717) is 28.3 Å². The van der Waals surface area contributed by atoms with E-state index in [1.165, 1.54) is 49.4 Å². The summed E-state index contributed by atoms with van der Waals surface area (Å²) in [5.74, 6) is -0.485. The molecule has 0 atom stereocenters. The summed E-state index contributed by atoms with van der Waals surface area (Å²) >= 11 is 0. The summed E-state index contributed by atoms with van der Waals surface area (Å²) in [6, 6.07) is 16.4. The molecule has 1 amide bonds. The molecule has 220 valence electrons. The lowest BCUT2D eigenvalue weighted by atomic mass is 10.1. The number of amides is 1. The highest BCUT2D eigenvalue weighted by Gasteiger charge is 2.21. The number of rotatable bonds is 10. The number of nitrogens with zero attached hydrogens (tertiary/aromatic N) is 4. The number of esters is 1. The molecule has 0 bridgehead atoms. The van der Waals surface area contributed by atoms with Crippen molar-refractivity contribution in [3.8, 4) is 11.5 Å². The van der Waals surface area contributed by atoms with Crippen LogP contribution in [0.4, 0.5) is 21.9 Å². The highest BCUT2D eigenvalue weighted by atomic mass is 16.7. The van der Waals surface area contributed by atoms with Crippen LogP contribution < -0.4 is 9.47 Å². The van der Waals surface area contributed by atoms with E-state index >= 15 is 0 Å². The molecular weight excluding hydrogens is 548 g/mol. The van der Waals surface area contributed by atoms with Gasteiger partial charge in [-0.15, -0.1) is 5.11 Å². The molecule has 13 nitrogen and oxygen atoms in total. The molecule has 0 fully saturated rings. The maximum Gasteiger partial charge on any atom is 0.514 e. The normalized spacial score (nSPS) is 11.1. The second-order valence-corrected chi connectivity index (χ2v) is 9.89. The number of benzene rings is 3. The zero-order chi connectivity index (χ0) is 30.9. The van der Waals surface area contributed by atoms with Crippen LogP contribution in [-0.2, 0) is 20.9 Å². The predicted octanol–water partition coefficient (Wildman–Crippen LogP) is 6.15. The zero-order valence-electron chi connectivity index (χ0n) is 23.7. The van der Waals surface area contributed by atoms with Crippen molar-refractivity contribution < 1.29 is 38.3 Å². The van der Waals surface area contributed by atoms with Gasteiger partial charge in [0, 0.05) is 24.7 Å². The highest BCUT2D eigenvalue weighted by molar-refractivity contribution is 5.96. The maximum absolute atomic E-state index is 12.8. The molecular formula is C29H30N4O9. The Hall–Kier alpha value is -5.33. The fraction of sp³-hybridized carbons (Fsp3) is 0.276. The van der Waals surface area contributed by atoms with Gasteiger partial charge in [0.2, 0.25) is 0 Å². The van der Waals surface area contributed by atoms with E-state index in [1.54, 1.807) is 57.2 Å². The molecule has 42 heavy (non-hydrogen) atoms. The molecule has 0 radical (unpaired) electrons. The molecule has 0 N–H and O–H groups in total. The summed E-state index contributed by atoms with van der Waals surface area (Å²) in [4.78, 5) is 48.2. The summed E-state index contributed by atoms with van der Waals surface area (Å²) in [6.45, 7) is 4.97. The van der Waals surface area contributed by atoms with Gasteiger partial charge in [-0.2, -0.15) is 5.11 Å². The van der Waals surface area contributed by atoms with E-state index in [4.69, 9.17) is 18.9 Å². The number of ether oxygens (including phenoxy) is 4. The van der Waals surface area contributed by atoms with Gasteiger partial charge in [-0.1, -0.05) is 12.1 Å². The molecule has 3 aromatic rings. The van der Waals surface area contributed by atoms with E-state index in [-0.39, 0.29) is 24.6 Å². The summed E-state index contributed by atoms with van der Waals surface area (Å²) in [6.07, 6.45) is -0.960. The fourth-order valence-electron chi connectivity index (χ4n) is 3.43. The van der Waals surface area contributed by atoms with Crippen LogP contribution in [0, 0.1) is 10.1 Å². The summed E-state index contributed by atoms with van der Waals surface area (Å²) in [7, 11) is 2.94. The maximum atomic E-state index is 12.8. The molecule has 0 aromatic heterocycles. The Morgan fingerprint density at radius 1 is 0.952 bits per heavy atom. The molecule has 0 spiro atoms. The SMILES string of the molecule is COc1cc(C(=O)N(C)CC(=O)OC(C)(C)C)ccc1/N=N/c1ccc(COC(=O)Oc2ccc([N+](=O)[O-])cc2)cc1. The van der Waals surface area contributed by atoms with Gasteiger partial charge in [-0.05, 0) is 68.8 Å². The second-order valence-electron chi connectivity index (χ2n) is 9.89. The van der Waals surface area contributed by atoms with E-state index in [2.05, 4.69) is 10.2 Å². The number of non-ortho nitro benzene ring substituents is 1. The van der Waals surface area contributed by atoms with Crippen molar-refractivity contribution in [3.63, 3.8) is 0 Å².